The summed E-state index contributed by atoms with van der Waals surface area (Å²) in [4.78, 5) is 20.3. The minimum Gasteiger partial charge on any atom is -0.450 e. The van der Waals surface area contributed by atoms with E-state index >= 15 is 0 Å². The van der Waals surface area contributed by atoms with Crippen LogP contribution in [0.25, 0.3) is 0 Å². The number of pyridine rings is 1. The van der Waals surface area contributed by atoms with Gasteiger partial charge < -0.3 is 23.8 Å². The van der Waals surface area contributed by atoms with Gasteiger partial charge in [0.25, 0.3) is 0 Å². The summed E-state index contributed by atoms with van der Waals surface area (Å²) in [5, 5.41) is 0. The van der Waals surface area contributed by atoms with Gasteiger partial charge in [0.15, 0.2) is 0 Å². The summed E-state index contributed by atoms with van der Waals surface area (Å²) in [6.45, 7) is 13.1. The van der Waals surface area contributed by atoms with Gasteiger partial charge in [0.05, 0.1) is 17.8 Å². The number of hydrogen-bond donors (Lipinski definition) is 0. The summed E-state index contributed by atoms with van der Waals surface area (Å²) in [5.41, 5.74) is 0.192. The molecule has 0 atom stereocenters. The van der Waals surface area contributed by atoms with Crippen molar-refractivity contribution in [1.82, 2.24) is 9.88 Å². The first-order chi connectivity index (χ1) is 12.2. The summed E-state index contributed by atoms with van der Waals surface area (Å²) in [5.74, 6) is 0.897. The molecule has 0 aliphatic carbocycles. The van der Waals surface area contributed by atoms with Crippen LogP contribution in [-0.4, -0.2) is 67.1 Å². The smallest absolute Gasteiger partial charge is 0.450 e. The summed E-state index contributed by atoms with van der Waals surface area (Å²) in [6, 6.07) is 3.99. The third-order valence-electron chi connectivity index (χ3n) is 5.43. The molecule has 7 nitrogen and oxygen atoms in total. The number of amides is 1. The zero-order chi connectivity index (χ0) is 18.9. The topological polar surface area (TPSA) is 64.1 Å². The van der Waals surface area contributed by atoms with Crippen LogP contribution in [0, 0.1) is 0 Å². The van der Waals surface area contributed by atoms with Crippen molar-refractivity contribution in [2.45, 2.75) is 45.8 Å². The number of anilines is 1. The van der Waals surface area contributed by atoms with Crippen LogP contribution in [0.3, 0.4) is 0 Å². The second kappa shape index (κ2) is 7.08. The third-order valence-corrected chi connectivity index (χ3v) is 5.43. The van der Waals surface area contributed by atoms with E-state index in [1.54, 1.807) is 4.90 Å². The lowest BCUT2D eigenvalue weighted by Gasteiger charge is -2.34. The standard InChI is InChI=1S/C18H28BN3O4/c1-6-24-16(23)22-11-9-21(10-12-22)15-8-7-14(13-20-15)19-25-17(2,3)18(4,5)26-19/h7-8,13H,6,9-12H2,1-5H3. The summed E-state index contributed by atoms with van der Waals surface area (Å²) < 4.78 is 17.2. The highest BCUT2D eigenvalue weighted by atomic mass is 16.7. The highest BCUT2D eigenvalue weighted by molar-refractivity contribution is 6.62. The molecule has 8 heteroatoms. The number of hydrogen-bond acceptors (Lipinski definition) is 6. The molecule has 0 radical (unpaired) electrons. The first kappa shape index (κ1) is 19.0. The van der Waals surface area contributed by atoms with Crippen molar-refractivity contribution in [3.05, 3.63) is 18.3 Å². The minimum absolute atomic E-state index is 0.240. The van der Waals surface area contributed by atoms with Gasteiger partial charge in [-0.3, -0.25) is 0 Å². The number of rotatable bonds is 3. The molecule has 2 aliphatic rings. The Bertz CT molecular complexity index is 626. The first-order valence-electron chi connectivity index (χ1n) is 9.22. The molecule has 3 heterocycles. The fourth-order valence-electron chi connectivity index (χ4n) is 3.04. The molecule has 1 aromatic heterocycles. The summed E-state index contributed by atoms with van der Waals surface area (Å²) in [6.07, 6.45) is 1.58. The molecule has 1 aromatic rings. The monoisotopic (exact) mass is 361 g/mol. The van der Waals surface area contributed by atoms with Gasteiger partial charge in [-0.1, -0.05) is 6.07 Å². The predicted octanol–water partition coefficient (Wildman–Crippen LogP) is 1.66. The van der Waals surface area contributed by atoms with Crippen molar-refractivity contribution in [1.29, 1.82) is 0 Å². The SMILES string of the molecule is CCOC(=O)N1CCN(c2ccc(B3OC(C)(C)C(C)(C)O3)cn2)CC1. The number of aromatic nitrogens is 1. The lowest BCUT2D eigenvalue weighted by atomic mass is 9.80. The Hall–Kier alpha value is -1.80. The predicted molar refractivity (Wildman–Crippen MR) is 101 cm³/mol. The number of carbonyl (C=O) groups excluding carboxylic acids is 1. The van der Waals surface area contributed by atoms with Crippen LogP contribution in [0.2, 0.25) is 0 Å². The fourth-order valence-corrected chi connectivity index (χ4v) is 3.04. The van der Waals surface area contributed by atoms with Gasteiger partial charge in [-0.25, -0.2) is 9.78 Å². The van der Waals surface area contributed by atoms with Crippen molar-refractivity contribution in [3.63, 3.8) is 0 Å². The molecule has 2 fully saturated rings. The van der Waals surface area contributed by atoms with E-state index in [2.05, 4.69) is 9.88 Å². The Balaban J connectivity index is 1.60. The van der Waals surface area contributed by atoms with Crippen LogP contribution in [0.4, 0.5) is 10.6 Å². The van der Waals surface area contributed by atoms with E-state index in [-0.39, 0.29) is 17.3 Å². The Kier molecular flexibility index (Phi) is 5.17. The Morgan fingerprint density at radius 3 is 2.27 bits per heavy atom. The van der Waals surface area contributed by atoms with Gasteiger partial charge in [-0.05, 0) is 40.7 Å². The van der Waals surface area contributed by atoms with Gasteiger partial charge in [0.2, 0.25) is 0 Å². The molecule has 1 amide bonds. The van der Waals surface area contributed by atoms with E-state index < -0.39 is 7.12 Å². The maximum Gasteiger partial charge on any atom is 0.496 e. The average molecular weight is 361 g/mol. The Morgan fingerprint density at radius 1 is 1.15 bits per heavy atom. The maximum atomic E-state index is 11.8. The van der Waals surface area contributed by atoms with E-state index in [1.165, 1.54) is 0 Å². The summed E-state index contributed by atoms with van der Waals surface area (Å²) in [7, 11) is -0.401. The highest BCUT2D eigenvalue weighted by Gasteiger charge is 2.51. The molecule has 0 N–H and O–H groups in total. The number of nitrogens with zero attached hydrogens (tertiary/aromatic N) is 3. The molecule has 3 rings (SSSR count). The molecule has 0 saturated carbocycles. The van der Waals surface area contributed by atoms with E-state index in [4.69, 9.17) is 14.0 Å². The van der Waals surface area contributed by atoms with Gasteiger partial charge in [0, 0.05) is 37.8 Å². The Labute approximate surface area is 155 Å². The molecule has 0 aromatic carbocycles. The second-order valence-electron chi connectivity index (χ2n) is 7.71. The van der Waals surface area contributed by atoms with Crippen LogP contribution in [0.1, 0.15) is 34.6 Å². The minimum atomic E-state index is -0.401. The van der Waals surface area contributed by atoms with Crippen LogP contribution in [-0.2, 0) is 14.0 Å². The second-order valence-corrected chi connectivity index (χ2v) is 7.71. The zero-order valence-electron chi connectivity index (χ0n) is 16.3. The highest BCUT2D eigenvalue weighted by Crippen LogP contribution is 2.36. The van der Waals surface area contributed by atoms with Crippen molar-refractivity contribution in [3.8, 4) is 0 Å². The molecular weight excluding hydrogens is 333 g/mol. The number of piperazine rings is 1. The molecule has 26 heavy (non-hydrogen) atoms. The normalized spacial score (nSPS) is 21.8. The van der Waals surface area contributed by atoms with E-state index in [0.29, 0.717) is 19.7 Å². The van der Waals surface area contributed by atoms with Crippen LogP contribution < -0.4 is 10.4 Å². The van der Waals surface area contributed by atoms with Crippen molar-refractivity contribution >= 4 is 24.5 Å². The van der Waals surface area contributed by atoms with Crippen LogP contribution in [0.15, 0.2) is 18.3 Å². The van der Waals surface area contributed by atoms with Crippen molar-refractivity contribution < 1.29 is 18.8 Å². The van der Waals surface area contributed by atoms with E-state index in [0.717, 1.165) is 24.4 Å². The van der Waals surface area contributed by atoms with Crippen molar-refractivity contribution in [2.75, 3.05) is 37.7 Å². The number of ether oxygens (including phenoxy) is 1. The van der Waals surface area contributed by atoms with Crippen LogP contribution in [0.5, 0.6) is 0 Å². The van der Waals surface area contributed by atoms with Crippen molar-refractivity contribution in [2.24, 2.45) is 0 Å². The lowest BCUT2D eigenvalue weighted by molar-refractivity contribution is 0.00578. The van der Waals surface area contributed by atoms with E-state index in [1.807, 2.05) is 52.9 Å². The molecule has 2 aliphatic heterocycles. The first-order valence-corrected chi connectivity index (χ1v) is 9.22. The quantitative estimate of drug-likeness (QED) is 0.763. The van der Waals surface area contributed by atoms with E-state index in [9.17, 15) is 4.79 Å². The maximum absolute atomic E-state index is 11.8. The molecular formula is C18H28BN3O4. The Morgan fingerprint density at radius 2 is 1.77 bits per heavy atom. The summed E-state index contributed by atoms with van der Waals surface area (Å²) >= 11 is 0. The third kappa shape index (κ3) is 3.66. The van der Waals surface area contributed by atoms with Gasteiger partial charge in [0.1, 0.15) is 5.82 Å². The molecule has 0 unspecified atom stereocenters. The van der Waals surface area contributed by atoms with Crippen LogP contribution >= 0.6 is 0 Å². The fraction of sp³-hybridized carbons (Fsp3) is 0.667. The molecule has 2 saturated heterocycles. The van der Waals surface area contributed by atoms with Gasteiger partial charge in [-0.2, -0.15) is 0 Å². The lowest BCUT2D eigenvalue weighted by Crippen LogP contribution is -2.49. The number of carbonyl (C=O) groups is 1. The van der Waals surface area contributed by atoms with Gasteiger partial charge >= 0.3 is 13.2 Å². The molecule has 0 bridgehead atoms. The molecule has 0 spiro atoms. The largest absolute Gasteiger partial charge is 0.496 e. The van der Waals surface area contributed by atoms with Gasteiger partial charge in [-0.15, -0.1) is 0 Å². The average Bonchev–Trinajstić information content (AvgIpc) is 2.83. The molecule has 142 valence electrons. The zero-order valence-corrected chi connectivity index (χ0v) is 16.3.